The van der Waals surface area contributed by atoms with Gasteiger partial charge >= 0.3 is 12.0 Å². The van der Waals surface area contributed by atoms with Gasteiger partial charge in [-0.1, -0.05) is 17.7 Å². The summed E-state index contributed by atoms with van der Waals surface area (Å²) in [5.74, 6) is -1.63. The summed E-state index contributed by atoms with van der Waals surface area (Å²) in [6, 6.07) is 3.61. The molecular formula is C14H18ClFN2O3. The van der Waals surface area contributed by atoms with Crippen LogP contribution in [0.4, 0.5) is 9.18 Å². The minimum absolute atomic E-state index is 0.0278. The van der Waals surface area contributed by atoms with Crippen LogP contribution in [0.15, 0.2) is 18.2 Å². The summed E-state index contributed by atoms with van der Waals surface area (Å²) in [7, 11) is 0. The summed E-state index contributed by atoms with van der Waals surface area (Å²) >= 11 is 5.66. The van der Waals surface area contributed by atoms with Gasteiger partial charge in [0.15, 0.2) is 0 Å². The molecule has 0 unspecified atom stereocenters. The number of benzene rings is 1. The lowest BCUT2D eigenvalue weighted by Crippen LogP contribution is -2.52. The van der Waals surface area contributed by atoms with Gasteiger partial charge in [0.1, 0.15) is 12.4 Å². The molecule has 5 nitrogen and oxygen atoms in total. The van der Waals surface area contributed by atoms with Gasteiger partial charge in [0.25, 0.3) is 0 Å². The molecule has 0 radical (unpaired) electrons. The molecule has 1 rings (SSSR count). The van der Waals surface area contributed by atoms with Crippen molar-refractivity contribution in [2.75, 3.05) is 6.54 Å². The van der Waals surface area contributed by atoms with E-state index in [1.165, 1.54) is 23.1 Å². The molecule has 0 aromatic heterocycles. The summed E-state index contributed by atoms with van der Waals surface area (Å²) in [6.45, 7) is 4.95. The van der Waals surface area contributed by atoms with Crippen molar-refractivity contribution in [2.45, 2.75) is 32.9 Å². The number of nitrogens with zero attached hydrogens (tertiary/aromatic N) is 1. The third-order valence-electron chi connectivity index (χ3n) is 2.78. The number of hydrogen-bond acceptors (Lipinski definition) is 2. The second-order valence-electron chi connectivity index (χ2n) is 5.56. The van der Waals surface area contributed by atoms with Gasteiger partial charge in [0.2, 0.25) is 0 Å². The fraction of sp³-hybridized carbons (Fsp3) is 0.429. The number of rotatable bonds is 4. The minimum atomic E-state index is -1.09. The van der Waals surface area contributed by atoms with Gasteiger partial charge < -0.3 is 15.3 Å². The van der Waals surface area contributed by atoms with Crippen molar-refractivity contribution < 1.29 is 19.1 Å². The summed E-state index contributed by atoms with van der Waals surface area (Å²) < 4.78 is 13.0. The quantitative estimate of drug-likeness (QED) is 0.897. The average Bonchev–Trinajstić information content (AvgIpc) is 2.35. The Labute approximate surface area is 127 Å². The molecule has 0 atom stereocenters. The van der Waals surface area contributed by atoms with Gasteiger partial charge in [-0.3, -0.25) is 4.79 Å². The molecule has 1 aromatic rings. The fourth-order valence-electron chi connectivity index (χ4n) is 1.67. The van der Waals surface area contributed by atoms with Gasteiger partial charge in [0, 0.05) is 12.1 Å². The predicted molar refractivity (Wildman–Crippen MR) is 77.7 cm³/mol. The van der Waals surface area contributed by atoms with E-state index in [0.717, 1.165) is 0 Å². The molecule has 0 spiro atoms. The molecule has 0 fully saturated rings. The molecule has 0 aliphatic heterocycles. The zero-order valence-corrected chi connectivity index (χ0v) is 12.9. The molecule has 0 saturated heterocycles. The van der Waals surface area contributed by atoms with Crippen molar-refractivity contribution in [3.8, 4) is 0 Å². The Bertz CT molecular complexity index is 544. The summed E-state index contributed by atoms with van der Waals surface area (Å²) in [5.41, 5.74) is -0.0120. The first kappa shape index (κ1) is 17.2. The summed E-state index contributed by atoms with van der Waals surface area (Å²) in [5, 5.41) is 11.4. The van der Waals surface area contributed by atoms with Gasteiger partial charge in [-0.15, -0.1) is 0 Å². The van der Waals surface area contributed by atoms with Crippen molar-refractivity contribution in [3.63, 3.8) is 0 Å². The monoisotopic (exact) mass is 316 g/mol. The predicted octanol–water partition coefficient (Wildman–Crippen LogP) is 2.87. The van der Waals surface area contributed by atoms with Crippen LogP contribution in [0, 0.1) is 5.82 Å². The first-order valence-corrected chi connectivity index (χ1v) is 6.70. The highest BCUT2D eigenvalue weighted by molar-refractivity contribution is 6.30. The molecular weight excluding hydrogens is 299 g/mol. The van der Waals surface area contributed by atoms with Crippen LogP contribution in [0.5, 0.6) is 0 Å². The highest BCUT2D eigenvalue weighted by Crippen LogP contribution is 2.16. The first-order chi connectivity index (χ1) is 9.61. The van der Waals surface area contributed by atoms with Gasteiger partial charge in [-0.2, -0.15) is 0 Å². The van der Waals surface area contributed by atoms with E-state index in [9.17, 15) is 14.0 Å². The first-order valence-electron chi connectivity index (χ1n) is 6.32. The maximum absolute atomic E-state index is 13.0. The van der Waals surface area contributed by atoms with E-state index in [0.29, 0.717) is 5.56 Å². The summed E-state index contributed by atoms with van der Waals surface area (Å²) in [6.07, 6.45) is 0. The average molecular weight is 317 g/mol. The normalized spacial score (nSPS) is 11.1. The Hall–Kier alpha value is -1.82. The highest BCUT2D eigenvalue weighted by atomic mass is 35.5. The van der Waals surface area contributed by atoms with E-state index < -0.39 is 29.9 Å². The zero-order valence-electron chi connectivity index (χ0n) is 12.1. The van der Waals surface area contributed by atoms with Crippen LogP contribution in [0.3, 0.4) is 0 Å². The minimum Gasteiger partial charge on any atom is -0.480 e. The molecule has 2 amide bonds. The molecule has 21 heavy (non-hydrogen) atoms. The van der Waals surface area contributed by atoms with Crippen LogP contribution in [0.25, 0.3) is 0 Å². The number of aliphatic carboxylic acids is 1. The van der Waals surface area contributed by atoms with E-state index in [1.54, 1.807) is 20.8 Å². The van der Waals surface area contributed by atoms with Crippen LogP contribution >= 0.6 is 11.6 Å². The Balaban J connectivity index is 2.73. The van der Waals surface area contributed by atoms with Gasteiger partial charge in [-0.25, -0.2) is 9.18 Å². The summed E-state index contributed by atoms with van der Waals surface area (Å²) in [4.78, 5) is 24.1. The molecule has 0 heterocycles. The molecule has 1 aromatic carbocycles. The maximum Gasteiger partial charge on any atom is 0.323 e. The number of carboxylic acid groups (broad SMARTS) is 1. The Morgan fingerprint density at radius 3 is 2.48 bits per heavy atom. The zero-order chi connectivity index (χ0) is 16.2. The Morgan fingerprint density at radius 2 is 2.00 bits per heavy atom. The van der Waals surface area contributed by atoms with Crippen molar-refractivity contribution in [3.05, 3.63) is 34.6 Å². The van der Waals surface area contributed by atoms with Crippen LogP contribution < -0.4 is 5.32 Å². The number of carboxylic acids is 1. The number of halogens is 2. The van der Waals surface area contributed by atoms with Crippen molar-refractivity contribution >= 4 is 23.6 Å². The van der Waals surface area contributed by atoms with Crippen LogP contribution in [0.2, 0.25) is 5.02 Å². The van der Waals surface area contributed by atoms with Crippen LogP contribution in [-0.4, -0.2) is 34.1 Å². The van der Waals surface area contributed by atoms with E-state index in [-0.39, 0.29) is 11.6 Å². The largest absolute Gasteiger partial charge is 0.480 e. The van der Waals surface area contributed by atoms with Crippen molar-refractivity contribution in [1.29, 1.82) is 0 Å². The van der Waals surface area contributed by atoms with E-state index in [1.807, 2.05) is 0 Å². The number of nitrogens with one attached hydrogen (secondary N) is 1. The second kappa shape index (κ2) is 6.76. The molecule has 7 heteroatoms. The lowest BCUT2D eigenvalue weighted by molar-refractivity contribution is -0.138. The highest BCUT2D eigenvalue weighted by Gasteiger charge is 2.28. The third kappa shape index (κ3) is 5.23. The fourth-order valence-corrected chi connectivity index (χ4v) is 1.87. The molecule has 0 aliphatic carbocycles. The molecule has 0 bridgehead atoms. The molecule has 116 valence electrons. The third-order valence-corrected chi connectivity index (χ3v) is 3.07. The molecule has 0 saturated carbocycles. The molecule has 0 aliphatic rings. The maximum atomic E-state index is 13.0. The number of carbonyl (C=O) groups is 2. The smallest absolute Gasteiger partial charge is 0.323 e. The van der Waals surface area contributed by atoms with E-state index >= 15 is 0 Å². The number of hydrogen-bond donors (Lipinski definition) is 2. The van der Waals surface area contributed by atoms with Crippen LogP contribution in [-0.2, 0) is 11.3 Å². The van der Waals surface area contributed by atoms with Gasteiger partial charge in [0.05, 0.1) is 5.02 Å². The lowest BCUT2D eigenvalue weighted by Gasteiger charge is -2.34. The van der Waals surface area contributed by atoms with Crippen molar-refractivity contribution in [2.24, 2.45) is 0 Å². The van der Waals surface area contributed by atoms with E-state index in [2.05, 4.69) is 5.32 Å². The van der Waals surface area contributed by atoms with Crippen LogP contribution in [0.1, 0.15) is 26.3 Å². The Kier molecular flexibility index (Phi) is 5.54. The number of amides is 2. The van der Waals surface area contributed by atoms with E-state index in [4.69, 9.17) is 16.7 Å². The van der Waals surface area contributed by atoms with Crippen molar-refractivity contribution in [1.82, 2.24) is 10.2 Å². The second-order valence-corrected chi connectivity index (χ2v) is 5.97. The SMILES string of the molecule is CC(C)(C)N(CC(=O)O)C(=O)NCc1ccc(F)c(Cl)c1. The molecule has 2 N–H and O–H groups in total. The van der Waals surface area contributed by atoms with Gasteiger partial charge in [-0.05, 0) is 38.5 Å². The lowest BCUT2D eigenvalue weighted by atomic mass is 10.1. The standard InChI is InChI=1S/C14H18ClFN2O3/c1-14(2,3)18(8-12(19)20)13(21)17-7-9-4-5-11(16)10(15)6-9/h4-6H,7-8H2,1-3H3,(H,17,21)(H,19,20). The topological polar surface area (TPSA) is 69.6 Å². The number of carbonyl (C=O) groups excluding carboxylic acids is 1. The Morgan fingerprint density at radius 1 is 1.38 bits per heavy atom. The number of urea groups is 1.